The van der Waals surface area contributed by atoms with Crippen LogP contribution in [-0.2, 0) is 9.47 Å². The van der Waals surface area contributed by atoms with E-state index in [9.17, 15) is 9.90 Å². The van der Waals surface area contributed by atoms with Gasteiger partial charge in [0.1, 0.15) is 11.4 Å². The fraction of sp³-hybridized carbons (Fsp3) is 0.684. The Hall–Kier alpha value is -1.70. The number of pyridine rings is 1. The van der Waals surface area contributed by atoms with E-state index in [2.05, 4.69) is 10.3 Å². The molecule has 2 N–H and O–H groups in total. The molecule has 1 aliphatic carbocycles. The van der Waals surface area contributed by atoms with Crippen LogP contribution in [-0.4, -0.2) is 67.7 Å². The normalized spacial score (nSPS) is 29.4. The molecule has 144 valence electrons. The van der Waals surface area contributed by atoms with Crippen LogP contribution in [0.1, 0.15) is 42.5 Å². The van der Waals surface area contributed by atoms with Gasteiger partial charge in [-0.05, 0) is 31.4 Å². The molecule has 1 aliphatic heterocycles. The van der Waals surface area contributed by atoms with Crippen LogP contribution in [0, 0.1) is 0 Å². The zero-order valence-corrected chi connectivity index (χ0v) is 15.6. The van der Waals surface area contributed by atoms with Gasteiger partial charge in [-0.3, -0.25) is 0 Å². The Bertz CT molecular complexity index is 612. The van der Waals surface area contributed by atoms with E-state index in [1.54, 1.807) is 25.4 Å². The van der Waals surface area contributed by atoms with Crippen molar-refractivity contribution in [2.75, 3.05) is 32.2 Å². The molecule has 4 unspecified atom stereocenters. The fourth-order valence-corrected chi connectivity index (χ4v) is 4.08. The van der Waals surface area contributed by atoms with Gasteiger partial charge in [-0.1, -0.05) is 12.8 Å². The lowest BCUT2D eigenvalue weighted by Crippen LogP contribution is -2.58. The molecular formula is C19H29N3O4. The number of aromatic nitrogens is 1. The fourth-order valence-electron chi connectivity index (χ4n) is 4.08. The monoisotopic (exact) mass is 363 g/mol. The van der Waals surface area contributed by atoms with Crippen LogP contribution in [0.5, 0.6) is 0 Å². The maximum Gasteiger partial charge on any atom is 0.341 e. The van der Waals surface area contributed by atoms with Crippen LogP contribution >= 0.6 is 0 Å². The first-order chi connectivity index (χ1) is 12.6. The second kappa shape index (κ2) is 8.79. The van der Waals surface area contributed by atoms with Crippen molar-refractivity contribution >= 4 is 11.8 Å². The third kappa shape index (κ3) is 4.16. The van der Waals surface area contributed by atoms with E-state index in [0.717, 1.165) is 25.8 Å². The number of nitrogens with zero attached hydrogens (tertiary/aromatic N) is 2. The van der Waals surface area contributed by atoms with Crippen molar-refractivity contribution in [3.63, 3.8) is 0 Å². The van der Waals surface area contributed by atoms with Crippen LogP contribution < -0.4 is 10.2 Å². The molecule has 1 aromatic heterocycles. The van der Waals surface area contributed by atoms with E-state index >= 15 is 0 Å². The Morgan fingerprint density at radius 1 is 1.27 bits per heavy atom. The van der Waals surface area contributed by atoms with Crippen LogP contribution in [0.4, 0.5) is 5.82 Å². The highest BCUT2D eigenvalue weighted by atomic mass is 16.5. The lowest BCUT2D eigenvalue weighted by atomic mass is 9.90. The topological polar surface area (TPSA) is 83.9 Å². The van der Waals surface area contributed by atoms with E-state index in [1.807, 2.05) is 4.90 Å². The maximum absolute atomic E-state index is 12.0. The van der Waals surface area contributed by atoms with Gasteiger partial charge in [0.25, 0.3) is 0 Å². The number of carbonyl (C=O) groups excluding carboxylic acids is 1. The van der Waals surface area contributed by atoms with Gasteiger partial charge in [0, 0.05) is 38.5 Å². The molecule has 1 aromatic rings. The summed E-state index contributed by atoms with van der Waals surface area (Å²) in [7, 11) is 3.12. The van der Waals surface area contributed by atoms with E-state index in [1.165, 1.54) is 20.0 Å². The Kier molecular flexibility index (Phi) is 6.45. The summed E-state index contributed by atoms with van der Waals surface area (Å²) in [4.78, 5) is 18.3. The van der Waals surface area contributed by atoms with Crippen molar-refractivity contribution < 1.29 is 19.4 Å². The highest BCUT2D eigenvalue weighted by molar-refractivity contribution is 5.94. The summed E-state index contributed by atoms with van der Waals surface area (Å²) in [6, 6.07) is 3.74. The number of hydrogen-bond acceptors (Lipinski definition) is 7. The molecule has 7 heteroatoms. The SMILES string of the molecule is COC(=O)c1cccnc1N1CCC(NC2CCCCC2OC)C(O)C1. The lowest BCUT2D eigenvalue weighted by molar-refractivity contribution is 0.0229. The number of hydrogen-bond donors (Lipinski definition) is 2. The number of piperidine rings is 1. The average molecular weight is 363 g/mol. The Morgan fingerprint density at radius 3 is 2.81 bits per heavy atom. The second-order valence-corrected chi connectivity index (χ2v) is 7.11. The molecule has 1 saturated heterocycles. The predicted molar refractivity (Wildman–Crippen MR) is 98.4 cm³/mol. The van der Waals surface area contributed by atoms with Crippen molar-refractivity contribution in [3.8, 4) is 0 Å². The summed E-state index contributed by atoms with van der Waals surface area (Å²) < 4.78 is 10.5. The molecule has 1 saturated carbocycles. The first-order valence-corrected chi connectivity index (χ1v) is 9.39. The molecule has 0 bridgehead atoms. The number of methoxy groups -OCH3 is 2. The third-order valence-electron chi connectivity index (χ3n) is 5.51. The molecular weight excluding hydrogens is 334 g/mol. The minimum atomic E-state index is -0.532. The van der Waals surface area contributed by atoms with E-state index in [4.69, 9.17) is 9.47 Å². The number of anilines is 1. The minimum absolute atomic E-state index is 0.0253. The van der Waals surface area contributed by atoms with Crippen LogP contribution in [0.15, 0.2) is 18.3 Å². The predicted octanol–water partition coefficient (Wildman–Crippen LogP) is 1.35. The van der Waals surface area contributed by atoms with E-state index in [-0.39, 0.29) is 12.1 Å². The number of ether oxygens (including phenoxy) is 2. The zero-order chi connectivity index (χ0) is 18.5. The van der Waals surface area contributed by atoms with Crippen molar-refractivity contribution in [1.82, 2.24) is 10.3 Å². The van der Waals surface area contributed by atoms with Gasteiger partial charge in [-0.25, -0.2) is 9.78 Å². The van der Waals surface area contributed by atoms with Crippen molar-refractivity contribution in [1.29, 1.82) is 0 Å². The zero-order valence-electron chi connectivity index (χ0n) is 15.6. The summed E-state index contributed by atoms with van der Waals surface area (Å²) in [6.07, 6.45) is 6.68. The molecule has 3 rings (SSSR count). The maximum atomic E-state index is 12.0. The standard InChI is InChI=1S/C19H29N3O4/c1-25-17-8-4-3-7-15(17)21-14-9-11-22(12-16(14)23)18-13(19(24)26-2)6-5-10-20-18/h5-6,10,14-17,21,23H,3-4,7-9,11-12H2,1-2H3. The molecule has 0 aromatic carbocycles. The van der Waals surface area contributed by atoms with E-state index < -0.39 is 12.1 Å². The molecule has 2 heterocycles. The second-order valence-electron chi connectivity index (χ2n) is 7.11. The molecule has 0 amide bonds. The quantitative estimate of drug-likeness (QED) is 0.764. The van der Waals surface area contributed by atoms with Crippen LogP contribution in [0.25, 0.3) is 0 Å². The van der Waals surface area contributed by atoms with Crippen molar-refractivity contribution in [2.24, 2.45) is 0 Å². The summed E-state index contributed by atoms with van der Waals surface area (Å²) in [5.74, 6) is 0.164. The summed E-state index contributed by atoms with van der Waals surface area (Å²) in [5, 5.41) is 14.3. The summed E-state index contributed by atoms with van der Waals surface area (Å²) in [5.41, 5.74) is 0.431. The first-order valence-electron chi connectivity index (χ1n) is 9.39. The summed E-state index contributed by atoms with van der Waals surface area (Å²) in [6.45, 7) is 1.16. The van der Waals surface area contributed by atoms with Gasteiger partial charge < -0.3 is 24.8 Å². The van der Waals surface area contributed by atoms with Gasteiger partial charge in [0.2, 0.25) is 0 Å². The smallest absolute Gasteiger partial charge is 0.341 e. The van der Waals surface area contributed by atoms with Crippen LogP contribution in [0.3, 0.4) is 0 Å². The minimum Gasteiger partial charge on any atom is -0.465 e. The number of carbonyl (C=O) groups is 1. The van der Waals surface area contributed by atoms with E-state index in [0.29, 0.717) is 24.0 Å². The van der Waals surface area contributed by atoms with Gasteiger partial charge in [0.15, 0.2) is 0 Å². The highest BCUT2D eigenvalue weighted by Crippen LogP contribution is 2.25. The number of nitrogens with one attached hydrogen (secondary N) is 1. The number of esters is 1. The average Bonchev–Trinajstić information content (AvgIpc) is 2.69. The molecule has 2 aliphatic rings. The molecule has 26 heavy (non-hydrogen) atoms. The number of aliphatic hydroxyl groups excluding tert-OH is 1. The number of rotatable bonds is 5. The Balaban J connectivity index is 1.65. The van der Waals surface area contributed by atoms with Gasteiger partial charge in [0.05, 0.1) is 19.3 Å². The Morgan fingerprint density at radius 2 is 2.08 bits per heavy atom. The third-order valence-corrected chi connectivity index (χ3v) is 5.51. The first kappa shape index (κ1) is 19.1. The number of aliphatic hydroxyl groups is 1. The Labute approximate surface area is 154 Å². The highest BCUT2D eigenvalue weighted by Gasteiger charge is 2.34. The number of β-amino-alcohol motifs (C(OH)–C–C–N with tert-alkyl or cyclic N) is 1. The van der Waals surface area contributed by atoms with Crippen molar-refractivity contribution in [3.05, 3.63) is 23.9 Å². The van der Waals surface area contributed by atoms with Crippen LogP contribution in [0.2, 0.25) is 0 Å². The molecule has 2 fully saturated rings. The molecule has 7 nitrogen and oxygen atoms in total. The van der Waals surface area contributed by atoms with Gasteiger partial charge in [-0.15, -0.1) is 0 Å². The largest absolute Gasteiger partial charge is 0.465 e. The van der Waals surface area contributed by atoms with Gasteiger partial charge >= 0.3 is 5.97 Å². The molecule has 0 radical (unpaired) electrons. The summed E-state index contributed by atoms with van der Waals surface area (Å²) >= 11 is 0. The molecule has 4 atom stereocenters. The van der Waals surface area contributed by atoms with Gasteiger partial charge in [-0.2, -0.15) is 0 Å². The lowest BCUT2D eigenvalue weighted by Gasteiger charge is -2.41. The van der Waals surface area contributed by atoms with Crippen molar-refractivity contribution in [2.45, 2.75) is 56.4 Å². The molecule has 0 spiro atoms.